The van der Waals surface area contributed by atoms with E-state index in [0.717, 1.165) is 0 Å². The minimum absolute atomic E-state index is 0.238. The van der Waals surface area contributed by atoms with E-state index in [9.17, 15) is 10.2 Å². The number of anilines is 1. The van der Waals surface area contributed by atoms with Crippen LogP contribution in [0.15, 0.2) is 12.7 Å². The molecule has 0 saturated carbocycles. The van der Waals surface area contributed by atoms with E-state index < -0.39 is 24.5 Å². The number of imidazole rings is 1. The van der Waals surface area contributed by atoms with Crippen molar-refractivity contribution in [2.45, 2.75) is 36.7 Å². The summed E-state index contributed by atoms with van der Waals surface area (Å²) in [6, 6.07) is 0. The molecular weight excluding hydrogens is 294 g/mol. The molecule has 0 aliphatic carbocycles. The van der Waals surface area contributed by atoms with Crippen molar-refractivity contribution in [2.24, 2.45) is 0 Å². The molecule has 0 radical (unpaired) electrons. The standard InChI is InChI=1S/C12H17N5O3S/c1-5(18)8-7(19)9(21-2)12(20-8)17-4-16-6-10(13)14-3-15-11(6)17/h3-5,7-9,12,18-19H,1-2H3,(H2,13,14,15)/t5?,7-,8-,9-,12-/m1/s1. The summed E-state index contributed by atoms with van der Waals surface area (Å²) < 4.78 is 7.55. The van der Waals surface area contributed by atoms with Gasteiger partial charge in [0.15, 0.2) is 17.7 Å². The third kappa shape index (κ3) is 2.26. The zero-order valence-electron chi connectivity index (χ0n) is 11.6. The smallest absolute Gasteiger partial charge is 0.167 e. The van der Waals surface area contributed by atoms with E-state index in [2.05, 4.69) is 15.0 Å². The minimum Gasteiger partial charge on any atom is -0.391 e. The quantitative estimate of drug-likeness (QED) is 0.711. The zero-order valence-corrected chi connectivity index (χ0v) is 12.4. The lowest BCUT2D eigenvalue weighted by Crippen LogP contribution is -2.35. The van der Waals surface area contributed by atoms with Crippen molar-refractivity contribution in [3.63, 3.8) is 0 Å². The fourth-order valence-electron chi connectivity index (χ4n) is 2.61. The monoisotopic (exact) mass is 311 g/mol. The molecule has 9 heteroatoms. The first kappa shape index (κ1) is 14.5. The first-order valence-corrected chi connectivity index (χ1v) is 7.80. The van der Waals surface area contributed by atoms with Crippen LogP contribution in [0.4, 0.5) is 5.82 Å². The molecule has 5 atom stereocenters. The predicted molar refractivity (Wildman–Crippen MR) is 78.6 cm³/mol. The van der Waals surface area contributed by atoms with Gasteiger partial charge < -0.3 is 20.7 Å². The van der Waals surface area contributed by atoms with E-state index in [1.54, 1.807) is 17.8 Å². The number of thioether (sulfide) groups is 1. The number of nitrogens with zero attached hydrogens (tertiary/aromatic N) is 4. The van der Waals surface area contributed by atoms with Crippen LogP contribution in [0, 0.1) is 0 Å². The van der Waals surface area contributed by atoms with E-state index in [1.165, 1.54) is 18.1 Å². The topological polar surface area (TPSA) is 119 Å². The second-order valence-corrected chi connectivity index (χ2v) is 6.02. The van der Waals surface area contributed by atoms with Gasteiger partial charge in [-0.05, 0) is 13.2 Å². The number of ether oxygens (including phenoxy) is 1. The van der Waals surface area contributed by atoms with Gasteiger partial charge in [0.25, 0.3) is 0 Å². The molecule has 1 aliphatic heterocycles. The Morgan fingerprint density at radius 2 is 2.19 bits per heavy atom. The molecule has 1 unspecified atom stereocenters. The van der Waals surface area contributed by atoms with Crippen LogP contribution in [-0.4, -0.2) is 59.5 Å². The first-order valence-electron chi connectivity index (χ1n) is 6.52. The van der Waals surface area contributed by atoms with E-state index in [4.69, 9.17) is 10.5 Å². The summed E-state index contributed by atoms with van der Waals surface area (Å²) >= 11 is 1.47. The fraction of sp³-hybridized carbons (Fsp3) is 0.583. The van der Waals surface area contributed by atoms with Gasteiger partial charge in [0.05, 0.1) is 23.8 Å². The molecule has 114 valence electrons. The molecule has 21 heavy (non-hydrogen) atoms. The van der Waals surface area contributed by atoms with Crippen LogP contribution >= 0.6 is 11.8 Å². The van der Waals surface area contributed by atoms with Crippen LogP contribution in [0.3, 0.4) is 0 Å². The van der Waals surface area contributed by atoms with Gasteiger partial charge in [0.2, 0.25) is 0 Å². The van der Waals surface area contributed by atoms with Crippen molar-refractivity contribution in [3.8, 4) is 0 Å². The highest BCUT2D eigenvalue weighted by Crippen LogP contribution is 2.39. The van der Waals surface area contributed by atoms with Crippen molar-refractivity contribution in [1.82, 2.24) is 19.5 Å². The SMILES string of the molecule is CS[C@@H]1[C@H](O)[C@@H](C(C)O)O[C@H]1n1cnc2c(N)ncnc21. The highest BCUT2D eigenvalue weighted by molar-refractivity contribution is 7.99. The molecule has 1 fully saturated rings. The van der Waals surface area contributed by atoms with Gasteiger partial charge in [-0.25, -0.2) is 15.0 Å². The molecule has 3 heterocycles. The molecule has 1 aliphatic rings. The Morgan fingerprint density at radius 1 is 1.43 bits per heavy atom. The summed E-state index contributed by atoms with van der Waals surface area (Å²) in [6.07, 6.45) is 2.15. The molecule has 8 nitrogen and oxygen atoms in total. The number of aliphatic hydroxyl groups is 2. The Labute approximate surface area is 125 Å². The molecule has 0 bridgehead atoms. The lowest BCUT2D eigenvalue weighted by atomic mass is 10.1. The number of aromatic nitrogens is 4. The number of rotatable bonds is 3. The second kappa shape index (κ2) is 5.41. The Balaban J connectivity index is 2.03. The van der Waals surface area contributed by atoms with Gasteiger partial charge in [0.1, 0.15) is 17.9 Å². The van der Waals surface area contributed by atoms with E-state index in [1.807, 2.05) is 6.26 Å². The minimum atomic E-state index is -0.776. The summed E-state index contributed by atoms with van der Waals surface area (Å²) in [5, 5.41) is 19.8. The molecule has 2 aromatic heterocycles. The zero-order chi connectivity index (χ0) is 15.1. The van der Waals surface area contributed by atoms with Crippen molar-refractivity contribution in [2.75, 3.05) is 12.0 Å². The van der Waals surface area contributed by atoms with Crippen LogP contribution in [0.1, 0.15) is 13.2 Å². The van der Waals surface area contributed by atoms with Gasteiger partial charge in [-0.3, -0.25) is 4.57 Å². The normalized spacial score (nSPS) is 30.9. The Morgan fingerprint density at radius 3 is 2.86 bits per heavy atom. The van der Waals surface area contributed by atoms with Gasteiger partial charge in [-0.2, -0.15) is 11.8 Å². The Hall–Kier alpha value is -1.42. The van der Waals surface area contributed by atoms with Crippen molar-refractivity contribution >= 4 is 28.7 Å². The Kier molecular flexibility index (Phi) is 3.74. The molecule has 4 N–H and O–H groups in total. The summed E-state index contributed by atoms with van der Waals surface area (Å²) in [4.78, 5) is 12.3. The number of aliphatic hydroxyl groups excluding tert-OH is 2. The van der Waals surface area contributed by atoms with Gasteiger partial charge >= 0.3 is 0 Å². The molecule has 0 aromatic carbocycles. The molecule has 0 amide bonds. The maximum atomic E-state index is 10.3. The molecule has 3 rings (SSSR count). The largest absolute Gasteiger partial charge is 0.391 e. The van der Waals surface area contributed by atoms with Gasteiger partial charge in [-0.1, -0.05) is 0 Å². The third-order valence-electron chi connectivity index (χ3n) is 3.66. The highest BCUT2D eigenvalue weighted by atomic mass is 32.2. The average Bonchev–Trinajstić information content (AvgIpc) is 3.00. The maximum Gasteiger partial charge on any atom is 0.167 e. The fourth-order valence-corrected chi connectivity index (χ4v) is 3.47. The van der Waals surface area contributed by atoms with E-state index in [-0.39, 0.29) is 5.25 Å². The summed E-state index contributed by atoms with van der Waals surface area (Å²) in [5.74, 6) is 0.296. The number of hydrogen-bond donors (Lipinski definition) is 3. The highest BCUT2D eigenvalue weighted by Gasteiger charge is 2.46. The molecule has 0 spiro atoms. The number of hydrogen-bond acceptors (Lipinski definition) is 8. The van der Waals surface area contributed by atoms with Crippen LogP contribution in [0.5, 0.6) is 0 Å². The van der Waals surface area contributed by atoms with Crippen molar-refractivity contribution in [1.29, 1.82) is 0 Å². The maximum absolute atomic E-state index is 10.3. The van der Waals surface area contributed by atoms with Crippen molar-refractivity contribution in [3.05, 3.63) is 12.7 Å². The van der Waals surface area contributed by atoms with Crippen LogP contribution < -0.4 is 5.73 Å². The number of fused-ring (bicyclic) bond motifs is 1. The van der Waals surface area contributed by atoms with Crippen LogP contribution in [0.25, 0.3) is 11.2 Å². The van der Waals surface area contributed by atoms with Crippen molar-refractivity contribution < 1.29 is 14.9 Å². The molecule has 2 aromatic rings. The molecule has 1 saturated heterocycles. The first-order chi connectivity index (χ1) is 10.0. The lowest BCUT2D eigenvalue weighted by molar-refractivity contribution is -0.0749. The summed E-state index contributed by atoms with van der Waals surface area (Å²) in [6.45, 7) is 1.60. The molecular formula is C12H17N5O3S. The average molecular weight is 311 g/mol. The third-order valence-corrected chi connectivity index (χ3v) is 4.72. The van der Waals surface area contributed by atoms with Gasteiger partial charge in [0, 0.05) is 0 Å². The number of nitrogens with two attached hydrogens (primary N) is 1. The lowest BCUT2D eigenvalue weighted by Gasteiger charge is -2.19. The Bertz CT molecular complexity index is 649. The van der Waals surface area contributed by atoms with Crippen LogP contribution in [0.2, 0.25) is 0 Å². The van der Waals surface area contributed by atoms with E-state index in [0.29, 0.717) is 17.0 Å². The summed E-state index contributed by atoms with van der Waals surface area (Å²) in [5.41, 5.74) is 6.82. The number of nitrogen functional groups attached to an aromatic ring is 1. The van der Waals surface area contributed by atoms with Gasteiger partial charge in [-0.15, -0.1) is 0 Å². The predicted octanol–water partition coefficient (Wildman–Crippen LogP) is -0.221. The van der Waals surface area contributed by atoms with E-state index >= 15 is 0 Å². The van der Waals surface area contributed by atoms with Crippen LogP contribution in [-0.2, 0) is 4.74 Å². The summed E-state index contributed by atoms with van der Waals surface area (Å²) in [7, 11) is 0. The second-order valence-electron chi connectivity index (χ2n) is 5.01.